The van der Waals surface area contributed by atoms with Crippen LogP contribution in [0.15, 0.2) is 23.8 Å². The molecule has 0 aromatic carbocycles. The Morgan fingerprint density at radius 3 is 2.42 bits per heavy atom. The molecule has 0 N–H and O–H groups in total. The highest BCUT2D eigenvalue weighted by atomic mass is 28.4. The summed E-state index contributed by atoms with van der Waals surface area (Å²) in [6, 6.07) is 0. The number of rotatable bonds is 5. The normalized spacial score (nSPS) is 17.5. The molecule has 1 rings (SSSR count). The predicted molar refractivity (Wildman–Crippen MR) is 83.8 cm³/mol. The van der Waals surface area contributed by atoms with Crippen molar-refractivity contribution in [3.05, 3.63) is 23.8 Å². The molecule has 0 aliphatic heterocycles. The Bertz CT molecular complexity index is 386. The van der Waals surface area contributed by atoms with Crippen molar-refractivity contribution in [2.75, 3.05) is 6.61 Å². The molecule has 3 heteroatoms. The van der Waals surface area contributed by atoms with Gasteiger partial charge in [0.2, 0.25) is 0 Å². The van der Waals surface area contributed by atoms with Crippen molar-refractivity contribution >= 4 is 14.1 Å². The van der Waals surface area contributed by atoms with E-state index in [1.165, 1.54) is 6.42 Å². The number of carbonyl (C=O) groups is 1. The zero-order chi connectivity index (χ0) is 14.7. The van der Waals surface area contributed by atoms with Crippen LogP contribution >= 0.6 is 0 Å². The average Bonchev–Trinajstić information content (AvgIpc) is 2.34. The molecule has 0 radical (unpaired) electrons. The number of Topliss-reactive ketones (excluding diaryl/α,β-unsaturated/α-hetero) is 1. The van der Waals surface area contributed by atoms with E-state index in [-0.39, 0.29) is 17.4 Å². The van der Waals surface area contributed by atoms with Gasteiger partial charge in [-0.15, -0.1) is 0 Å². The summed E-state index contributed by atoms with van der Waals surface area (Å²) in [6.07, 6.45) is 6.00. The van der Waals surface area contributed by atoms with Gasteiger partial charge in [0.05, 0.1) is 6.61 Å². The fraction of sp³-hybridized carbons (Fsp3) is 0.688. The average molecular weight is 280 g/mol. The largest absolute Gasteiger partial charge is 0.409 e. The van der Waals surface area contributed by atoms with Crippen LogP contribution < -0.4 is 0 Å². The molecular weight excluding hydrogens is 252 g/mol. The van der Waals surface area contributed by atoms with Crippen molar-refractivity contribution in [1.29, 1.82) is 0 Å². The van der Waals surface area contributed by atoms with Gasteiger partial charge in [0, 0.05) is 5.57 Å². The van der Waals surface area contributed by atoms with Gasteiger partial charge in [0.1, 0.15) is 0 Å². The molecule has 0 aromatic heterocycles. The Kier molecular flexibility index (Phi) is 5.33. The lowest BCUT2D eigenvalue weighted by molar-refractivity contribution is -0.118. The Hall–Kier alpha value is -0.673. The minimum absolute atomic E-state index is 0.148. The predicted octanol–water partition coefficient (Wildman–Crippen LogP) is 4.63. The first-order valence-electron chi connectivity index (χ1n) is 7.20. The number of ketones is 1. The summed E-state index contributed by atoms with van der Waals surface area (Å²) in [7, 11) is -1.83. The van der Waals surface area contributed by atoms with E-state index in [0.29, 0.717) is 0 Å². The first-order chi connectivity index (χ1) is 8.69. The lowest BCUT2D eigenvalue weighted by Gasteiger charge is -2.36. The van der Waals surface area contributed by atoms with E-state index in [4.69, 9.17) is 4.43 Å². The van der Waals surface area contributed by atoms with Gasteiger partial charge < -0.3 is 4.43 Å². The van der Waals surface area contributed by atoms with Gasteiger partial charge in [-0.2, -0.15) is 0 Å². The molecule has 0 unspecified atom stereocenters. The molecule has 0 spiro atoms. The molecule has 19 heavy (non-hydrogen) atoms. The van der Waals surface area contributed by atoms with Gasteiger partial charge in [-0.1, -0.05) is 33.4 Å². The number of hydrogen-bond acceptors (Lipinski definition) is 2. The summed E-state index contributed by atoms with van der Waals surface area (Å²) in [5, 5.41) is 0.148. The lowest BCUT2D eigenvalue weighted by Crippen LogP contribution is -2.42. The quantitative estimate of drug-likeness (QED) is 0.686. The molecule has 1 aliphatic rings. The fourth-order valence-electron chi connectivity index (χ4n) is 2.02. The Balaban J connectivity index is 2.71. The summed E-state index contributed by atoms with van der Waals surface area (Å²) in [6.45, 7) is 15.0. The zero-order valence-corrected chi connectivity index (χ0v) is 14.1. The second kappa shape index (κ2) is 6.19. The van der Waals surface area contributed by atoms with Crippen LogP contribution in [0.25, 0.3) is 0 Å². The monoisotopic (exact) mass is 280 g/mol. The van der Waals surface area contributed by atoms with E-state index in [1.807, 2.05) is 6.08 Å². The van der Waals surface area contributed by atoms with E-state index in [1.54, 1.807) is 0 Å². The molecule has 0 atom stereocenters. The summed E-state index contributed by atoms with van der Waals surface area (Å²) >= 11 is 0. The van der Waals surface area contributed by atoms with Crippen molar-refractivity contribution in [2.24, 2.45) is 0 Å². The molecule has 0 fully saturated rings. The number of allylic oxidation sites excluding steroid dienone is 2. The van der Waals surface area contributed by atoms with Crippen molar-refractivity contribution in [3.63, 3.8) is 0 Å². The van der Waals surface area contributed by atoms with E-state index in [0.717, 1.165) is 30.4 Å². The number of hydrogen-bond donors (Lipinski definition) is 0. The van der Waals surface area contributed by atoms with Crippen LogP contribution in [0.2, 0.25) is 18.1 Å². The molecular formula is C16H28O2Si. The smallest absolute Gasteiger partial charge is 0.192 e. The standard InChI is InChI=1S/C16H28O2Si/c1-7-13-10-8-9-11-14(13)15(17)12-18-19(5,6)16(2,3)4/h7H,1,8-12H2,2-6H3. The second-order valence-electron chi connectivity index (χ2n) is 6.89. The van der Waals surface area contributed by atoms with Gasteiger partial charge in [0.25, 0.3) is 0 Å². The molecule has 0 bridgehead atoms. The van der Waals surface area contributed by atoms with Crippen LogP contribution in [0.3, 0.4) is 0 Å². The molecule has 0 amide bonds. The Morgan fingerprint density at radius 2 is 1.89 bits per heavy atom. The third kappa shape index (κ3) is 4.15. The first-order valence-corrected chi connectivity index (χ1v) is 10.1. The highest BCUT2D eigenvalue weighted by Gasteiger charge is 2.37. The van der Waals surface area contributed by atoms with Crippen LogP contribution in [0.1, 0.15) is 46.5 Å². The van der Waals surface area contributed by atoms with Gasteiger partial charge in [-0.05, 0) is 49.4 Å². The molecule has 108 valence electrons. The molecule has 0 aromatic rings. The summed E-state index contributed by atoms with van der Waals surface area (Å²) in [5.74, 6) is 0.166. The molecule has 1 aliphatic carbocycles. The Labute approximate surface area is 119 Å². The lowest BCUT2D eigenvalue weighted by atomic mass is 9.89. The highest BCUT2D eigenvalue weighted by molar-refractivity contribution is 6.74. The maximum atomic E-state index is 12.3. The maximum absolute atomic E-state index is 12.3. The third-order valence-electron chi connectivity index (χ3n) is 4.46. The topological polar surface area (TPSA) is 26.3 Å². The fourth-order valence-corrected chi connectivity index (χ4v) is 2.95. The van der Waals surface area contributed by atoms with Crippen molar-refractivity contribution in [1.82, 2.24) is 0 Å². The van der Waals surface area contributed by atoms with E-state index < -0.39 is 8.32 Å². The minimum Gasteiger partial charge on any atom is -0.409 e. The third-order valence-corrected chi connectivity index (χ3v) is 8.94. The summed E-state index contributed by atoms with van der Waals surface area (Å²) < 4.78 is 6.02. The van der Waals surface area contributed by atoms with Crippen molar-refractivity contribution < 1.29 is 9.22 Å². The van der Waals surface area contributed by atoms with Crippen molar-refractivity contribution in [3.8, 4) is 0 Å². The SMILES string of the molecule is C=CC1=C(C(=O)CO[Si](C)(C)C(C)(C)C)CCCC1. The van der Waals surface area contributed by atoms with Crippen LogP contribution in [-0.2, 0) is 9.22 Å². The molecule has 0 saturated heterocycles. The Morgan fingerprint density at radius 1 is 1.32 bits per heavy atom. The second-order valence-corrected chi connectivity index (χ2v) is 11.7. The molecule has 0 saturated carbocycles. The van der Waals surface area contributed by atoms with Gasteiger partial charge in [0.15, 0.2) is 14.1 Å². The maximum Gasteiger partial charge on any atom is 0.192 e. The molecule has 2 nitrogen and oxygen atoms in total. The van der Waals surface area contributed by atoms with Crippen LogP contribution in [0.4, 0.5) is 0 Å². The van der Waals surface area contributed by atoms with E-state index in [9.17, 15) is 4.79 Å². The zero-order valence-electron chi connectivity index (χ0n) is 13.1. The molecule has 0 heterocycles. The van der Waals surface area contributed by atoms with Crippen LogP contribution in [0.5, 0.6) is 0 Å². The summed E-state index contributed by atoms with van der Waals surface area (Å²) in [4.78, 5) is 12.3. The van der Waals surface area contributed by atoms with E-state index in [2.05, 4.69) is 40.4 Å². The summed E-state index contributed by atoms with van der Waals surface area (Å²) in [5.41, 5.74) is 2.09. The van der Waals surface area contributed by atoms with Crippen LogP contribution in [-0.4, -0.2) is 20.7 Å². The van der Waals surface area contributed by atoms with Gasteiger partial charge >= 0.3 is 0 Å². The van der Waals surface area contributed by atoms with Crippen LogP contribution in [0, 0.1) is 0 Å². The number of carbonyl (C=O) groups excluding carboxylic acids is 1. The van der Waals surface area contributed by atoms with Gasteiger partial charge in [-0.3, -0.25) is 4.79 Å². The van der Waals surface area contributed by atoms with Gasteiger partial charge in [-0.25, -0.2) is 0 Å². The van der Waals surface area contributed by atoms with E-state index >= 15 is 0 Å². The first kappa shape index (κ1) is 16.4. The van der Waals surface area contributed by atoms with Crippen molar-refractivity contribution in [2.45, 2.75) is 64.6 Å². The minimum atomic E-state index is -1.83. The highest BCUT2D eigenvalue weighted by Crippen LogP contribution is 2.36.